The van der Waals surface area contributed by atoms with Gasteiger partial charge in [-0.1, -0.05) is 13.0 Å². The Labute approximate surface area is 112 Å². The largest absolute Gasteiger partial charge is 0.488 e. The van der Waals surface area contributed by atoms with E-state index in [1.807, 2.05) is 0 Å². The van der Waals surface area contributed by atoms with Crippen LogP contribution in [-0.4, -0.2) is 41.1 Å². The lowest BCUT2D eigenvalue weighted by atomic mass is 9.79. The predicted molar refractivity (Wildman–Crippen MR) is 70.5 cm³/mol. The summed E-state index contributed by atoms with van der Waals surface area (Å²) in [5.41, 5.74) is 0.0227. The van der Waals surface area contributed by atoms with E-state index >= 15 is 0 Å². The molecule has 1 aliphatic rings. The van der Waals surface area contributed by atoms with Crippen molar-refractivity contribution in [2.75, 3.05) is 13.1 Å². The Hall–Kier alpha value is -1.40. The van der Waals surface area contributed by atoms with Crippen molar-refractivity contribution in [1.82, 2.24) is 4.90 Å². The summed E-state index contributed by atoms with van der Waals surface area (Å²) < 4.78 is 13.7. The molecule has 1 fully saturated rings. The maximum absolute atomic E-state index is 13.7. The number of hydrogen-bond acceptors (Lipinski definition) is 3. The minimum absolute atomic E-state index is 0.0975. The summed E-state index contributed by atoms with van der Waals surface area (Å²) in [6.07, 6.45) is 1.98. The zero-order valence-electron chi connectivity index (χ0n) is 10.8. The SMILES string of the molecule is C[C@H]1CCCN(C(=O)c2cc(B(O)O)ccc2F)C1. The summed E-state index contributed by atoms with van der Waals surface area (Å²) in [6, 6.07) is 3.56. The molecule has 1 aromatic carbocycles. The van der Waals surface area contributed by atoms with Crippen molar-refractivity contribution >= 4 is 18.5 Å². The van der Waals surface area contributed by atoms with Gasteiger partial charge in [-0.25, -0.2) is 4.39 Å². The van der Waals surface area contributed by atoms with Crippen molar-refractivity contribution in [1.29, 1.82) is 0 Å². The van der Waals surface area contributed by atoms with Crippen molar-refractivity contribution in [3.8, 4) is 0 Å². The number of nitrogens with zero attached hydrogens (tertiary/aromatic N) is 1. The van der Waals surface area contributed by atoms with Gasteiger partial charge in [-0.2, -0.15) is 0 Å². The van der Waals surface area contributed by atoms with Gasteiger partial charge in [0.25, 0.3) is 5.91 Å². The zero-order chi connectivity index (χ0) is 14.0. The van der Waals surface area contributed by atoms with Crippen LogP contribution in [-0.2, 0) is 0 Å². The van der Waals surface area contributed by atoms with E-state index in [2.05, 4.69) is 6.92 Å². The topological polar surface area (TPSA) is 60.8 Å². The molecule has 2 rings (SSSR count). The minimum Gasteiger partial charge on any atom is -0.423 e. The van der Waals surface area contributed by atoms with E-state index in [-0.39, 0.29) is 16.9 Å². The molecular formula is C13H17BFNO3. The van der Waals surface area contributed by atoms with Crippen molar-refractivity contribution in [2.24, 2.45) is 5.92 Å². The fourth-order valence-corrected chi connectivity index (χ4v) is 2.41. The normalized spacial score (nSPS) is 19.4. The van der Waals surface area contributed by atoms with Crippen LogP contribution in [0.2, 0.25) is 0 Å². The number of hydrogen-bond donors (Lipinski definition) is 2. The fraction of sp³-hybridized carbons (Fsp3) is 0.462. The highest BCUT2D eigenvalue weighted by molar-refractivity contribution is 6.58. The van der Waals surface area contributed by atoms with Crippen LogP contribution in [0.25, 0.3) is 0 Å². The van der Waals surface area contributed by atoms with Crippen molar-refractivity contribution in [3.05, 3.63) is 29.6 Å². The Morgan fingerprint density at radius 1 is 1.47 bits per heavy atom. The van der Waals surface area contributed by atoms with E-state index in [9.17, 15) is 9.18 Å². The van der Waals surface area contributed by atoms with E-state index < -0.39 is 12.9 Å². The lowest BCUT2D eigenvalue weighted by Gasteiger charge is -2.31. The second-order valence-corrected chi connectivity index (χ2v) is 5.11. The third-order valence-electron chi connectivity index (χ3n) is 3.46. The fourth-order valence-electron chi connectivity index (χ4n) is 2.41. The Bertz CT molecular complexity index is 481. The molecule has 1 aromatic rings. The van der Waals surface area contributed by atoms with Gasteiger partial charge >= 0.3 is 7.12 Å². The number of piperidine rings is 1. The molecule has 6 heteroatoms. The Kier molecular flexibility index (Phi) is 4.22. The lowest BCUT2D eigenvalue weighted by molar-refractivity contribution is 0.0678. The summed E-state index contributed by atoms with van der Waals surface area (Å²) >= 11 is 0. The van der Waals surface area contributed by atoms with Crippen LogP contribution in [0.1, 0.15) is 30.1 Å². The molecule has 1 saturated heterocycles. The van der Waals surface area contributed by atoms with Gasteiger partial charge in [0.2, 0.25) is 0 Å². The number of amides is 1. The maximum Gasteiger partial charge on any atom is 0.488 e. The molecule has 0 bridgehead atoms. The van der Waals surface area contributed by atoms with Gasteiger partial charge in [-0.15, -0.1) is 0 Å². The lowest BCUT2D eigenvalue weighted by Crippen LogP contribution is -2.40. The first-order chi connectivity index (χ1) is 8.99. The van der Waals surface area contributed by atoms with Crippen LogP contribution in [0, 0.1) is 11.7 Å². The van der Waals surface area contributed by atoms with Crippen LogP contribution >= 0.6 is 0 Å². The summed E-state index contributed by atoms with van der Waals surface area (Å²) in [5, 5.41) is 18.2. The highest BCUT2D eigenvalue weighted by atomic mass is 19.1. The first kappa shape index (κ1) is 14.0. The van der Waals surface area contributed by atoms with E-state index in [1.165, 1.54) is 12.1 Å². The molecule has 1 aliphatic heterocycles. The van der Waals surface area contributed by atoms with Gasteiger partial charge < -0.3 is 14.9 Å². The van der Waals surface area contributed by atoms with Crippen molar-refractivity contribution in [3.63, 3.8) is 0 Å². The van der Waals surface area contributed by atoms with Crippen molar-refractivity contribution in [2.45, 2.75) is 19.8 Å². The molecule has 0 spiro atoms. The second-order valence-electron chi connectivity index (χ2n) is 5.11. The van der Waals surface area contributed by atoms with Crippen LogP contribution < -0.4 is 5.46 Å². The van der Waals surface area contributed by atoms with Gasteiger partial charge in [0, 0.05) is 13.1 Å². The summed E-state index contributed by atoms with van der Waals surface area (Å²) in [6.45, 7) is 3.29. The quantitative estimate of drug-likeness (QED) is 0.760. The Morgan fingerprint density at radius 2 is 2.21 bits per heavy atom. The minimum atomic E-state index is -1.70. The third-order valence-corrected chi connectivity index (χ3v) is 3.46. The van der Waals surface area contributed by atoms with Gasteiger partial charge in [-0.05, 0) is 36.4 Å². The standard InChI is InChI=1S/C13H17BFNO3/c1-9-3-2-6-16(8-9)13(17)11-7-10(14(18)19)4-5-12(11)15/h4-5,7,9,18-19H,2-3,6,8H2,1H3/t9-/m0/s1. The summed E-state index contributed by atoms with van der Waals surface area (Å²) in [7, 11) is -1.70. The zero-order valence-corrected chi connectivity index (χ0v) is 10.8. The van der Waals surface area contributed by atoms with Crippen LogP contribution in [0.15, 0.2) is 18.2 Å². The maximum atomic E-state index is 13.7. The molecule has 0 saturated carbocycles. The predicted octanol–water partition coefficient (Wildman–Crippen LogP) is 0.378. The second kappa shape index (κ2) is 5.71. The molecule has 0 aliphatic carbocycles. The molecule has 0 radical (unpaired) electrons. The third kappa shape index (κ3) is 3.14. The molecule has 0 aromatic heterocycles. The molecule has 2 N–H and O–H groups in total. The number of carbonyl (C=O) groups is 1. The smallest absolute Gasteiger partial charge is 0.423 e. The molecule has 1 atom stereocenters. The van der Waals surface area contributed by atoms with Crippen LogP contribution in [0.3, 0.4) is 0 Å². The van der Waals surface area contributed by atoms with Gasteiger partial charge in [0.15, 0.2) is 0 Å². The van der Waals surface area contributed by atoms with Crippen molar-refractivity contribution < 1.29 is 19.2 Å². The Balaban J connectivity index is 2.24. The number of halogens is 1. The highest BCUT2D eigenvalue weighted by Gasteiger charge is 2.25. The van der Waals surface area contributed by atoms with E-state index in [0.717, 1.165) is 18.9 Å². The summed E-state index contributed by atoms with van der Waals surface area (Å²) in [5.74, 6) is -0.605. The van der Waals surface area contributed by atoms with Crippen LogP contribution in [0.5, 0.6) is 0 Å². The van der Waals surface area contributed by atoms with E-state index in [4.69, 9.17) is 10.0 Å². The van der Waals surface area contributed by atoms with E-state index in [0.29, 0.717) is 19.0 Å². The van der Waals surface area contributed by atoms with Gasteiger partial charge in [-0.3, -0.25) is 4.79 Å². The first-order valence-electron chi connectivity index (χ1n) is 6.44. The number of carbonyl (C=O) groups excluding carboxylic acids is 1. The molecule has 4 nitrogen and oxygen atoms in total. The molecule has 0 unspecified atom stereocenters. The first-order valence-corrected chi connectivity index (χ1v) is 6.44. The van der Waals surface area contributed by atoms with Crippen LogP contribution in [0.4, 0.5) is 4.39 Å². The number of likely N-dealkylation sites (tertiary alicyclic amines) is 1. The molecule has 1 heterocycles. The average Bonchev–Trinajstić information content (AvgIpc) is 2.38. The number of rotatable bonds is 2. The van der Waals surface area contributed by atoms with Gasteiger partial charge in [0.05, 0.1) is 5.56 Å². The van der Waals surface area contributed by atoms with Gasteiger partial charge in [0.1, 0.15) is 5.82 Å². The average molecular weight is 265 g/mol. The Morgan fingerprint density at radius 3 is 2.84 bits per heavy atom. The summed E-state index contributed by atoms with van der Waals surface area (Å²) in [4.78, 5) is 13.9. The molecular weight excluding hydrogens is 248 g/mol. The highest BCUT2D eigenvalue weighted by Crippen LogP contribution is 2.18. The molecule has 19 heavy (non-hydrogen) atoms. The monoisotopic (exact) mass is 265 g/mol. The molecule has 1 amide bonds. The van der Waals surface area contributed by atoms with E-state index in [1.54, 1.807) is 4.90 Å². The molecule has 102 valence electrons. The number of benzene rings is 1.